The van der Waals surface area contributed by atoms with Crippen LogP contribution in [0.3, 0.4) is 0 Å². The van der Waals surface area contributed by atoms with E-state index in [0.717, 1.165) is 0 Å². The Bertz CT molecular complexity index is 511. The van der Waals surface area contributed by atoms with E-state index in [1.807, 2.05) is 0 Å². The van der Waals surface area contributed by atoms with Gasteiger partial charge in [-0.1, -0.05) is 16.4 Å². The molecule has 0 aliphatic rings. The lowest BCUT2D eigenvalue weighted by Crippen LogP contribution is -1.90. The Balaban J connectivity index is 2.22. The Morgan fingerprint density at radius 2 is 1.67 bits per heavy atom. The molecule has 2 rings (SSSR count). The summed E-state index contributed by atoms with van der Waals surface area (Å²) in [6.45, 7) is 0. The molecule has 0 radical (unpaired) electrons. The number of rotatable bonds is 5. The number of hydrogen-bond acceptors (Lipinski definition) is 6. The van der Waals surface area contributed by atoms with Crippen LogP contribution < -0.4 is 14.2 Å². The van der Waals surface area contributed by atoms with Crippen LogP contribution in [0.1, 0.15) is 5.01 Å². The summed E-state index contributed by atoms with van der Waals surface area (Å²) in [6.07, 6.45) is 0. The van der Waals surface area contributed by atoms with Gasteiger partial charge in [-0.25, -0.2) is 0 Å². The zero-order chi connectivity index (χ0) is 13.0. The van der Waals surface area contributed by atoms with Crippen LogP contribution in [-0.2, 0) is 5.88 Å². The maximum absolute atomic E-state index is 5.65. The molecule has 2 aromatic rings. The third kappa shape index (κ3) is 3.02. The first-order chi connectivity index (χ1) is 8.75. The minimum atomic E-state index is 0.322. The smallest absolute Gasteiger partial charge is 0.299 e. The van der Waals surface area contributed by atoms with Crippen molar-refractivity contribution >= 4 is 22.9 Å². The van der Waals surface area contributed by atoms with Gasteiger partial charge in [0.2, 0.25) is 0 Å². The summed E-state index contributed by atoms with van der Waals surface area (Å²) < 4.78 is 15.9. The fraction of sp³-hybridized carbons (Fsp3) is 0.273. The molecule has 18 heavy (non-hydrogen) atoms. The van der Waals surface area contributed by atoms with E-state index >= 15 is 0 Å². The Hall–Kier alpha value is -1.53. The van der Waals surface area contributed by atoms with Crippen molar-refractivity contribution in [2.45, 2.75) is 5.88 Å². The number of nitrogens with zero attached hydrogens (tertiary/aromatic N) is 2. The molecule has 0 saturated carbocycles. The first-order valence-electron chi connectivity index (χ1n) is 5.04. The molecule has 0 atom stereocenters. The van der Waals surface area contributed by atoms with Crippen LogP contribution in [0.2, 0.25) is 0 Å². The van der Waals surface area contributed by atoms with Gasteiger partial charge in [-0.2, -0.15) is 0 Å². The fourth-order valence-electron chi connectivity index (χ4n) is 1.27. The van der Waals surface area contributed by atoms with Crippen molar-refractivity contribution in [3.63, 3.8) is 0 Å². The van der Waals surface area contributed by atoms with E-state index in [0.29, 0.717) is 33.3 Å². The standard InChI is InChI=1S/C11H11ClN2O3S/c1-15-7-3-8(16-2)5-9(4-7)17-11-14-13-10(6-12)18-11/h3-5H,6H2,1-2H3. The van der Waals surface area contributed by atoms with Crippen LogP contribution in [0, 0.1) is 0 Å². The van der Waals surface area contributed by atoms with Gasteiger partial charge in [-0.15, -0.1) is 16.7 Å². The summed E-state index contributed by atoms with van der Waals surface area (Å²) in [5.41, 5.74) is 0. The highest BCUT2D eigenvalue weighted by atomic mass is 35.5. The molecule has 0 fully saturated rings. The second-order valence-corrected chi connectivity index (χ2v) is 4.54. The normalized spacial score (nSPS) is 10.2. The molecule has 0 amide bonds. The third-order valence-electron chi connectivity index (χ3n) is 2.09. The predicted octanol–water partition coefficient (Wildman–Crippen LogP) is 3.09. The van der Waals surface area contributed by atoms with Crippen LogP contribution in [0.5, 0.6) is 22.4 Å². The van der Waals surface area contributed by atoms with Crippen molar-refractivity contribution < 1.29 is 14.2 Å². The lowest BCUT2D eigenvalue weighted by Gasteiger charge is -2.07. The molecule has 0 unspecified atom stereocenters. The largest absolute Gasteiger partial charge is 0.496 e. The Kier molecular flexibility index (Phi) is 4.22. The zero-order valence-electron chi connectivity index (χ0n) is 9.84. The summed E-state index contributed by atoms with van der Waals surface area (Å²) in [5.74, 6) is 2.18. The maximum atomic E-state index is 5.65. The average Bonchev–Trinajstić information content (AvgIpc) is 2.85. The van der Waals surface area contributed by atoms with E-state index in [2.05, 4.69) is 10.2 Å². The Morgan fingerprint density at radius 1 is 1.06 bits per heavy atom. The highest BCUT2D eigenvalue weighted by molar-refractivity contribution is 7.13. The van der Waals surface area contributed by atoms with Gasteiger partial charge in [-0.3, -0.25) is 0 Å². The quantitative estimate of drug-likeness (QED) is 0.791. The zero-order valence-corrected chi connectivity index (χ0v) is 11.4. The minimum absolute atomic E-state index is 0.322. The highest BCUT2D eigenvalue weighted by Crippen LogP contribution is 2.32. The fourth-order valence-corrected chi connectivity index (χ4v) is 2.05. The Labute approximate surface area is 113 Å². The second kappa shape index (κ2) is 5.88. The molecular weight excluding hydrogens is 276 g/mol. The van der Waals surface area contributed by atoms with E-state index in [4.69, 9.17) is 25.8 Å². The van der Waals surface area contributed by atoms with Gasteiger partial charge < -0.3 is 14.2 Å². The molecule has 0 aliphatic heterocycles. The van der Waals surface area contributed by atoms with Gasteiger partial charge in [0.15, 0.2) is 0 Å². The minimum Gasteiger partial charge on any atom is -0.496 e. The lowest BCUT2D eigenvalue weighted by molar-refractivity contribution is 0.386. The van der Waals surface area contributed by atoms with E-state index in [9.17, 15) is 0 Å². The molecule has 96 valence electrons. The Morgan fingerprint density at radius 3 is 2.17 bits per heavy atom. The van der Waals surface area contributed by atoms with Crippen molar-refractivity contribution in [2.75, 3.05) is 14.2 Å². The van der Waals surface area contributed by atoms with Crippen molar-refractivity contribution in [1.82, 2.24) is 10.2 Å². The topological polar surface area (TPSA) is 53.5 Å². The maximum Gasteiger partial charge on any atom is 0.299 e. The van der Waals surface area contributed by atoms with Gasteiger partial charge in [0.05, 0.1) is 20.1 Å². The van der Waals surface area contributed by atoms with Gasteiger partial charge in [-0.05, 0) is 0 Å². The molecule has 1 aromatic carbocycles. The SMILES string of the molecule is COc1cc(OC)cc(Oc2nnc(CCl)s2)c1. The molecule has 7 heteroatoms. The molecule has 5 nitrogen and oxygen atoms in total. The number of alkyl halides is 1. The molecular formula is C11H11ClN2O3S. The van der Waals surface area contributed by atoms with Gasteiger partial charge >= 0.3 is 0 Å². The second-order valence-electron chi connectivity index (χ2n) is 3.25. The first-order valence-corrected chi connectivity index (χ1v) is 6.39. The van der Waals surface area contributed by atoms with Crippen LogP contribution >= 0.6 is 22.9 Å². The molecule has 1 heterocycles. The molecule has 0 N–H and O–H groups in total. The van der Waals surface area contributed by atoms with Crippen LogP contribution in [-0.4, -0.2) is 24.4 Å². The molecule has 0 aliphatic carbocycles. The van der Waals surface area contributed by atoms with Crippen molar-refractivity contribution in [3.8, 4) is 22.4 Å². The number of aromatic nitrogens is 2. The van der Waals surface area contributed by atoms with Gasteiger partial charge in [0.1, 0.15) is 22.3 Å². The molecule has 1 aromatic heterocycles. The van der Waals surface area contributed by atoms with Crippen molar-refractivity contribution in [1.29, 1.82) is 0 Å². The summed E-state index contributed by atoms with van der Waals surface area (Å²) in [7, 11) is 3.16. The lowest BCUT2D eigenvalue weighted by atomic mass is 10.3. The van der Waals surface area contributed by atoms with E-state index in [1.165, 1.54) is 11.3 Å². The first kappa shape index (κ1) is 12.9. The van der Waals surface area contributed by atoms with E-state index in [-0.39, 0.29) is 0 Å². The molecule has 0 spiro atoms. The predicted molar refractivity (Wildman–Crippen MR) is 69.1 cm³/mol. The summed E-state index contributed by atoms with van der Waals surface area (Å²) in [6, 6.07) is 5.24. The van der Waals surface area contributed by atoms with Crippen molar-refractivity contribution in [2.24, 2.45) is 0 Å². The number of hydrogen-bond donors (Lipinski definition) is 0. The molecule has 0 saturated heterocycles. The summed E-state index contributed by atoms with van der Waals surface area (Å²) in [4.78, 5) is 0. The van der Waals surface area contributed by atoms with Crippen LogP contribution in [0.4, 0.5) is 0 Å². The number of benzene rings is 1. The van der Waals surface area contributed by atoms with Gasteiger partial charge in [0.25, 0.3) is 5.19 Å². The number of halogens is 1. The van der Waals surface area contributed by atoms with Crippen LogP contribution in [0.25, 0.3) is 0 Å². The number of methoxy groups -OCH3 is 2. The average molecular weight is 287 g/mol. The highest BCUT2D eigenvalue weighted by Gasteiger charge is 2.08. The molecule has 0 bridgehead atoms. The van der Waals surface area contributed by atoms with Gasteiger partial charge in [0, 0.05) is 18.2 Å². The summed E-state index contributed by atoms with van der Waals surface area (Å²) in [5, 5.41) is 8.88. The van der Waals surface area contributed by atoms with E-state index in [1.54, 1.807) is 32.4 Å². The third-order valence-corrected chi connectivity index (χ3v) is 3.31. The van der Waals surface area contributed by atoms with Crippen molar-refractivity contribution in [3.05, 3.63) is 23.2 Å². The van der Waals surface area contributed by atoms with E-state index < -0.39 is 0 Å². The number of ether oxygens (including phenoxy) is 3. The monoisotopic (exact) mass is 286 g/mol. The van der Waals surface area contributed by atoms with Crippen LogP contribution in [0.15, 0.2) is 18.2 Å². The summed E-state index contributed by atoms with van der Waals surface area (Å²) >= 11 is 6.95.